The lowest BCUT2D eigenvalue weighted by Crippen LogP contribution is -2.48. The monoisotopic (exact) mass is 443 g/mol. The van der Waals surface area contributed by atoms with Crippen molar-refractivity contribution in [2.45, 2.75) is 33.0 Å². The first kappa shape index (κ1) is 23.0. The highest BCUT2D eigenvalue weighted by molar-refractivity contribution is 5.94. The maximum absolute atomic E-state index is 12.6. The first-order valence-electron chi connectivity index (χ1n) is 11.8. The first-order chi connectivity index (χ1) is 16.1. The van der Waals surface area contributed by atoms with Crippen LogP contribution in [-0.4, -0.2) is 43.1 Å². The predicted molar refractivity (Wildman–Crippen MR) is 133 cm³/mol. The number of nitrogens with one attached hydrogen (secondary N) is 2. The van der Waals surface area contributed by atoms with Gasteiger partial charge in [-0.1, -0.05) is 42.5 Å². The zero-order valence-corrected chi connectivity index (χ0v) is 19.5. The molecule has 0 saturated carbocycles. The number of hydrogen-bond acceptors (Lipinski definition) is 4. The van der Waals surface area contributed by atoms with E-state index in [-0.39, 0.29) is 5.91 Å². The fourth-order valence-corrected chi connectivity index (χ4v) is 4.30. The molecule has 0 radical (unpaired) electrons. The van der Waals surface area contributed by atoms with Crippen LogP contribution in [0.3, 0.4) is 0 Å². The fourth-order valence-electron chi connectivity index (χ4n) is 4.30. The quantitative estimate of drug-likeness (QED) is 0.539. The Hall–Kier alpha value is -3.15. The minimum atomic E-state index is -0.103. The van der Waals surface area contributed by atoms with Crippen LogP contribution in [0.15, 0.2) is 72.8 Å². The van der Waals surface area contributed by atoms with E-state index in [4.69, 9.17) is 4.74 Å². The van der Waals surface area contributed by atoms with Crippen molar-refractivity contribution in [1.82, 2.24) is 15.5 Å². The summed E-state index contributed by atoms with van der Waals surface area (Å²) in [4.78, 5) is 15.1. The molecule has 3 aromatic carbocycles. The molecule has 0 bridgehead atoms. The lowest BCUT2D eigenvalue weighted by Gasteiger charge is -2.31. The summed E-state index contributed by atoms with van der Waals surface area (Å²) < 4.78 is 5.50. The topological polar surface area (TPSA) is 53.6 Å². The Bertz CT molecular complexity index is 1080. The second kappa shape index (κ2) is 11.1. The van der Waals surface area contributed by atoms with Gasteiger partial charge in [-0.05, 0) is 66.4 Å². The lowest BCUT2D eigenvalue weighted by molar-refractivity contribution is 0.0950. The van der Waals surface area contributed by atoms with E-state index in [1.807, 2.05) is 25.1 Å². The molecule has 1 atom stereocenters. The Balaban J connectivity index is 1.40. The molecule has 2 N–H and O–H groups in total. The average molecular weight is 444 g/mol. The molecule has 1 aliphatic heterocycles. The average Bonchev–Trinajstić information content (AvgIpc) is 2.83. The van der Waals surface area contributed by atoms with Crippen molar-refractivity contribution < 1.29 is 9.53 Å². The van der Waals surface area contributed by atoms with Crippen molar-refractivity contribution >= 4 is 5.91 Å². The molecule has 0 aliphatic carbocycles. The highest BCUT2D eigenvalue weighted by atomic mass is 16.5. The van der Waals surface area contributed by atoms with Crippen LogP contribution in [0, 0.1) is 0 Å². The van der Waals surface area contributed by atoms with E-state index in [0.717, 1.165) is 37.3 Å². The molecule has 4 rings (SSSR count). The van der Waals surface area contributed by atoms with E-state index in [9.17, 15) is 4.79 Å². The first-order valence-corrected chi connectivity index (χ1v) is 11.8. The Morgan fingerprint density at radius 1 is 1.03 bits per heavy atom. The number of rotatable bonds is 8. The van der Waals surface area contributed by atoms with Crippen LogP contribution >= 0.6 is 0 Å². The molecule has 1 fully saturated rings. The van der Waals surface area contributed by atoms with Gasteiger partial charge in [-0.15, -0.1) is 0 Å². The van der Waals surface area contributed by atoms with Gasteiger partial charge in [0.15, 0.2) is 0 Å². The normalized spacial score (nSPS) is 16.4. The molecule has 1 amide bonds. The molecule has 172 valence electrons. The smallest absolute Gasteiger partial charge is 0.251 e. The van der Waals surface area contributed by atoms with Crippen LogP contribution < -0.4 is 15.4 Å². The molecular weight excluding hydrogens is 410 g/mol. The number of hydrogen-bond donors (Lipinski definition) is 2. The van der Waals surface area contributed by atoms with Gasteiger partial charge in [-0.3, -0.25) is 9.69 Å². The molecule has 5 heteroatoms. The second-order valence-corrected chi connectivity index (χ2v) is 8.63. The summed E-state index contributed by atoms with van der Waals surface area (Å²) in [5, 5.41) is 6.53. The maximum Gasteiger partial charge on any atom is 0.251 e. The van der Waals surface area contributed by atoms with Crippen molar-refractivity contribution in [3.8, 4) is 16.9 Å². The number of carbonyl (C=O) groups excluding carboxylic acids is 1. The molecule has 0 aromatic heterocycles. The fraction of sp³-hybridized carbons (Fsp3) is 0.321. The van der Waals surface area contributed by atoms with Gasteiger partial charge >= 0.3 is 0 Å². The molecule has 1 heterocycles. The second-order valence-electron chi connectivity index (χ2n) is 8.63. The standard InChI is InChI=1S/C28H33N3O2/c1-3-33-27-12-6-11-26(17-27)28(32)30-18-22-7-4-9-24(15-22)25-10-5-8-23(16-25)20-31-14-13-29-21(2)19-31/h4-12,15-17,21,29H,3,13-14,18-20H2,1-2H3,(H,30,32). The van der Waals surface area contributed by atoms with Gasteiger partial charge in [0.25, 0.3) is 5.91 Å². The summed E-state index contributed by atoms with van der Waals surface area (Å²) in [6.45, 7) is 9.39. The van der Waals surface area contributed by atoms with Crippen molar-refractivity contribution in [3.63, 3.8) is 0 Å². The zero-order chi connectivity index (χ0) is 23.0. The van der Waals surface area contributed by atoms with Crippen LogP contribution in [0.4, 0.5) is 0 Å². The van der Waals surface area contributed by atoms with E-state index in [2.05, 4.69) is 64.9 Å². The van der Waals surface area contributed by atoms with Gasteiger partial charge in [-0.2, -0.15) is 0 Å². The Morgan fingerprint density at radius 2 is 1.76 bits per heavy atom. The van der Waals surface area contributed by atoms with Gasteiger partial charge in [0.1, 0.15) is 5.75 Å². The van der Waals surface area contributed by atoms with E-state index in [1.54, 1.807) is 12.1 Å². The minimum Gasteiger partial charge on any atom is -0.494 e. The van der Waals surface area contributed by atoms with Crippen LogP contribution in [-0.2, 0) is 13.1 Å². The number of piperazine rings is 1. The maximum atomic E-state index is 12.6. The van der Waals surface area contributed by atoms with E-state index in [1.165, 1.54) is 11.1 Å². The Labute approximate surface area is 196 Å². The molecular formula is C28H33N3O2. The lowest BCUT2D eigenvalue weighted by atomic mass is 10.0. The summed E-state index contributed by atoms with van der Waals surface area (Å²) in [6, 6.07) is 25.0. The van der Waals surface area contributed by atoms with Gasteiger partial charge in [-0.25, -0.2) is 0 Å². The highest BCUT2D eigenvalue weighted by Gasteiger charge is 2.15. The zero-order valence-electron chi connectivity index (χ0n) is 19.5. The largest absolute Gasteiger partial charge is 0.494 e. The van der Waals surface area contributed by atoms with Gasteiger partial charge in [0.2, 0.25) is 0 Å². The van der Waals surface area contributed by atoms with Crippen LogP contribution in [0.5, 0.6) is 5.75 Å². The molecule has 5 nitrogen and oxygen atoms in total. The van der Waals surface area contributed by atoms with Crippen LogP contribution in [0.25, 0.3) is 11.1 Å². The molecule has 33 heavy (non-hydrogen) atoms. The Morgan fingerprint density at radius 3 is 2.52 bits per heavy atom. The third-order valence-electron chi connectivity index (χ3n) is 5.91. The van der Waals surface area contributed by atoms with Crippen molar-refractivity contribution in [2.24, 2.45) is 0 Å². The van der Waals surface area contributed by atoms with E-state index < -0.39 is 0 Å². The van der Waals surface area contributed by atoms with Crippen molar-refractivity contribution in [3.05, 3.63) is 89.5 Å². The highest BCUT2D eigenvalue weighted by Crippen LogP contribution is 2.23. The van der Waals surface area contributed by atoms with Crippen molar-refractivity contribution in [1.29, 1.82) is 0 Å². The van der Waals surface area contributed by atoms with Gasteiger partial charge < -0.3 is 15.4 Å². The van der Waals surface area contributed by atoms with E-state index >= 15 is 0 Å². The number of nitrogens with zero attached hydrogens (tertiary/aromatic N) is 1. The van der Waals surface area contributed by atoms with Gasteiger partial charge in [0, 0.05) is 44.3 Å². The summed E-state index contributed by atoms with van der Waals surface area (Å²) in [5.74, 6) is 0.608. The predicted octanol–water partition coefficient (Wildman–Crippen LogP) is 4.48. The number of amides is 1. The van der Waals surface area contributed by atoms with Crippen LogP contribution in [0.1, 0.15) is 35.3 Å². The summed E-state index contributed by atoms with van der Waals surface area (Å²) in [7, 11) is 0. The summed E-state index contributed by atoms with van der Waals surface area (Å²) >= 11 is 0. The minimum absolute atomic E-state index is 0.103. The third-order valence-corrected chi connectivity index (χ3v) is 5.91. The SMILES string of the molecule is CCOc1cccc(C(=O)NCc2cccc(-c3cccc(CN4CCNC(C)C4)c3)c2)c1. The molecule has 1 saturated heterocycles. The third kappa shape index (κ3) is 6.44. The number of benzene rings is 3. The summed E-state index contributed by atoms with van der Waals surface area (Å²) in [5.41, 5.74) is 5.37. The van der Waals surface area contributed by atoms with Crippen LogP contribution in [0.2, 0.25) is 0 Å². The summed E-state index contributed by atoms with van der Waals surface area (Å²) in [6.07, 6.45) is 0. The molecule has 0 spiro atoms. The molecule has 3 aromatic rings. The van der Waals surface area contributed by atoms with E-state index in [0.29, 0.717) is 30.5 Å². The molecule has 1 unspecified atom stereocenters. The molecule has 1 aliphatic rings. The van der Waals surface area contributed by atoms with Gasteiger partial charge in [0.05, 0.1) is 6.61 Å². The number of carbonyl (C=O) groups is 1. The Kier molecular flexibility index (Phi) is 7.76. The van der Waals surface area contributed by atoms with Crippen molar-refractivity contribution in [2.75, 3.05) is 26.2 Å². The number of ether oxygens (including phenoxy) is 1.